The Morgan fingerprint density at radius 1 is 0.969 bits per heavy atom. The van der Waals surface area contributed by atoms with E-state index in [4.69, 9.17) is 4.74 Å². The number of hydrogen-bond donors (Lipinski definition) is 0. The fourth-order valence-corrected chi connectivity index (χ4v) is 3.44. The van der Waals surface area contributed by atoms with Gasteiger partial charge in [-0.1, -0.05) is 18.2 Å². The standard InChI is InChI=1S/C23H28FN3O3.2ClH/c1-25(2)23(29)30-21(22(28)18-8-10-19(24)11-9-18)12-13-26-14-16-27(17-15-26)20-6-4-3-5-7-20;;/h3-11,21H,12-17H2,1-2H3;2*1H. The van der Waals surface area contributed by atoms with Gasteiger partial charge in [-0.25, -0.2) is 9.18 Å². The number of halogens is 3. The fourth-order valence-electron chi connectivity index (χ4n) is 3.44. The molecule has 6 nitrogen and oxygen atoms in total. The quantitative estimate of drug-likeness (QED) is 0.551. The molecule has 1 fully saturated rings. The molecular weight excluding hydrogens is 456 g/mol. The third-order valence-corrected chi connectivity index (χ3v) is 5.23. The van der Waals surface area contributed by atoms with Gasteiger partial charge < -0.3 is 14.5 Å². The number of carbonyl (C=O) groups is 2. The van der Waals surface area contributed by atoms with Crippen LogP contribution in [0.1, 0.15) is 16.8 Å². The molecule has 0 bridgehead atoms. The van der Waals surface area contributed by atoms with E-state index in [1.165, 1.54) is 34.9 Å². The number of carbonyl (C=O) groups excluding carboxylic acids is 2. The van der Waals surface area contributed by atoms with Crippen LogP contribution in [0.15, 0.2) is 54.6 Å². The van der Waals surface area contributed by atoms with E-state index in [1.54, 1.807) is 14.1 Å². The van der Waals surface area contributed by atoms with E-state index >= 15 is 0 Å². The molecule has 0 aliphatic carbocycles. The molecule has 9 heteroatoms. The van der Waals surface area contributed by atoms with Crippen LogP contribution in [0.5, 0.6) is 0 Å². The van der Waals surface area contributed by atoms with Crippen molar-refractivity contribution in [1.29, 1.82) is 0 Å². The summed E-state index contributed by atoms with van der Waals surface area (Å²) in [5.41, 5.74) is 1.54. The summed E-state index contributed by atoms with van der Waals surface area (Å²) in [5, 5.41) is 0. The minimum Gasteiger partial charge on any atom is -0.438 e. The molecule has 2 aromatic carbocycles. The number of benzene rings is 2. The number of nitrogens with zero attached hydrogens (tertiary/aromatic N) is 3. The maximum Gasteiger partial charge on any atom is 0.409 e. The molecule has 1 atom stereocenters. The van der Waals surface area contributed by atoms with Gasteiger partial charge in [-0.15, -0.1) is 24.8 Å². The van der Waals surface area contributed by atoms with Crippen LogP contribution in [0.2, 0.25) is 0 Å². The van der Waals surface area contributed by atoms with E-state index < -0.39 is 18.0 Å². The van der Waals surface area contributed by atoms with Crippen LogP contribution in [0, 0.1) is 5.82 Å². The average Bonchev–Trinajstić information content (AvgIpc) is 2.77. The lowest BCUT2D eigenvalue weighted by atomic mass is 10.0. The molecule has 1 aliphatic heterocycles. The van der Waals surface area contributed by atoms with Crippen LogP contribution in [0.3, 0.4) is 0 Å². The molecule has 32 heavy (non-hydrogen) atoms. The van der Waals surface area contributed by atoms with Crippen molar-refractivity contribution >= 4 is 42.4 Å². The van der Waals surface area contributed by atoms with Gasteiger partial charge in [0.05, 0.1) is 0 Å². The molecule has 0 spiro atoms. The van der Waals surface area contributed by atoms with Crippen molar-refractivity contribution in [3.8, 4) is 0 Å². The molecule has 0 saturated carbocycles. The van der Waals surface area contributed by atoms with Gasteiger partial charge in [0.15, 0.2) is 6.10 Å². The number of ether oxygens (including phenoxy) is 1. The Morgan fingerprint density at radius 3 is 2.12 bits per heavy atom. The van der Waals surface area contributed by atoms with Gasteiger partial charge in [0, 0.05) is 64.5 Å². The molecule has 0 N–H and O–H groups in total. The van der Waals surface area contributed by atoms with Crippen molar-refractivity contribution in [3.63, 3.8) is 0 Å². The molecule has 1 heterocycles. The maximum atomic E-state index is 13.2. The maximum absolute atomic E-state index is 13.2. The summed E-state index contributed by atoms with van der Waals surface area (Å²) < 4.78 is 18.6. The number of hydrogen-bond acceptors (Lipinski definition) is 5. The van der Waals surface area contributed by atoms with E-state index in [2.05, 4.69) is 21.9 Å². The molecular formula is C23H30Cl2FN3O3. The number of amides is 1. The van der Waals surface area contributed by atoms with Gasteiger partial charge >= 0.3 is 6.09 Å². The topological polar surface area (TPSA) is 53.1 Å². The summed E-state index contributed by atoms with van der Waals surface area (Å²) in [6.45, 7) is 4.18. The van der Waals surface area contributed by atoms with Gasteiger partial charge in [-0.3, -0.25) is 9.69 Å². The van der Waals surface area contributed by atoms with Crippen molar-refractivity contribution in [2.75, 3.05) is 51.7 Å². The Balaban J connectivity index is 0.00000256. The van der Waals surface area contributed by atoms with Crippen LogP contribution in [-0.2, 0) is 4.74 Å². The van der Waals surface area contributed by atoms with Crippen LogP contribution in [0.25, 0.3) is 0 Å². The Bertz CT molecular complexity index is 845. The summed E-state index contributed by atoms with van der Waals surface area (Å²) in [5.74, 6) is -0.724. The average molecular weight is 486 g/mol. The number of ketones is 1. The second-order valence-electron chi connectivity index (χ2n) is 7.59. The number of piperazine rings is 1. The zero-order chi connectivity index (χ0) is 21.5. The fraction of sp³-hybridized carbons (Fsp3) is 0.391. The van der Waals surface area contributed by atoms with Gasteiger partial charge in [0.2, 0.25) is 5.78 Å². The predicted molar refractivity (Wildman–Crippen MR) is 129 cm³/mol. The summed E-state index contributed by atoms with van der Waals surface area (Å²) >= 11 is 0. The Kier molecular flexibility index (Phi) is 11.5. The normalized spacial score (nSPS) is 14.5. The smallest absolute Gasteiger partial charge is 0.409 e. The van der Waals surface area contributed by atoms with Crippen molar-refractivity contribution in [2.45, 2.75) is 12.5 Å². The van der Waals surface area contributed by atoms with Crippen LogP contribution in [-0.4, -0.2) is 74.6 Å². The number of rotatable bonds is 7. The summed E-state index contributed by atoms with van der Waals surface area (Å²) in [6, 6.07) is 15.6. The highest BCUT2D eigenvalue weighted by molar-refractivity contribution is 6.00. The van der Waals surface area contributed by atoms with E-state index in [1.807, 2.05) is 18.2 Å². The van der Waals surface area contributed by atoms with Gasteiger partial charge in [0.25, 0.3) is 0 Å². The Labute approximate surface area is 201 Å². The van der Waals surface area contributed by atoms with E-state index in [9.17, 15) is 14.0 Å². The van der Waals surface area contributed by atoms with E-state index in [0.717, 1.165) is 26.2 Å². The first kappa shape index (κ1) is 27.7. The second-order valence-corrected chi connectivity index (χ2v) is 7.59. The third kappa shape index (κ3) is 7.65. The summed E-state index contributed by atoms with van der Waals surface area (Å²) in [6.07, 6.45) is -1.08. The highest BCUT2D eigenvalue weighted by Crippen LogP contribution is 2.17. The van der Waals surface area contributed by atoms with Gasteiger partial charge in [-0.05, 0) is 36.4 Å². The number of anilines is 1. The lowest BCUT2D eigenvalue weighted by molar-refractivity contribution is 0.0486. The molecule has 0 aromatic heterocycles. The first-order chi connectivity index (χ1) is 14.4. The first-order valence-electron chi connectivity index (χ1n) is 10.1. The molecule has 1 saturated heterocycles. The third-order valence-electron chi connectivity index (χ3n) is 5.23. The highest BCUT2D eigenvalue weighted by Gasteiger charge is 2.27. The molecule has 1 unspecified atom stereocenters. The van der Waals surface area contributed by atoms with Crippen molar-refractivity contribution in [1.82, 2.24) is 9.80 Å². The minimum atomic E-state index is -0.905. The van der Waals surface area contributed by atoms with Crippen LogP contribution >= 0.6 is 24.8 Å². The SMILES string of the molecule is CN(C)C(=O)OC(CCN1CCN(c2ccccc2)CC1)C(=O)c1ccc(F)cc1.Cl.Cl. The zero-order valence-corrected chi connectivity index (χ0v) is 19.9. The van der Waals surface area contributed by atoms with Crippen molar-refractivity contribution in [3.05, 3.63) is 66.0 Å². The molecule has 1 amide bonds. The van der Waals surface area contributed by atoms with E-state index in [-0.39, 0.29) is 30.6 Å². The Morgan fingerprint density at radius 2 is 1.56 bits per heavy atom. The summed E-state index contributed by atoms with van der Waals surface area (Å²) in [7, 11) is 3.15. The highest BCUT2D eigenvalue weighted by atomic mass is 35.5. The largest absolute Gasteiger partial charge is 0.438 e. The van der Waals surface area contributed by atoms with Crippen molar-refractivity contribution < 1.29 is 18.7 Å². The van der Waals surface area contributed by atoms with Gasteiger partial charge in [0.1, 0.15) is 5.82 Å². The second kappa shape index (κ2) is 13.3. The molecule has 2 aromatic rings. The summed E-state index contributed by atoms with van der Waals surface area (Å²) in [4.78, 5) is 30.8. The monoisotopic (exact) mass is 485 g/mol. The van der Waals surface area contributed by atoms with E-state index in [0.29, 0.717) is 18.5 Å². The van der Waals surface area contributed by atoms with Gasteiger partial charge in [-0.2, -0.15) is 0 Å². The molecule has 0 radical (unpaired) electrons. The number of para-hydroxylation sites is 1. The first-order valence-corrected chi connectivity index (χ1v) is 10.1. The van der Waals surface area contributed by atoms with Crippen LogP contribution in [0.4, 0.5) is 14.9 Å². The minimum absolute atomic E-state index is 0. The predicted octanol–water partition coefficient (Wildman–Crippen LogP) is 4.13. The molecule has 176 valence electrons. The lowest BCUT2D eigenvalue weighted by Crippen LogP contribution is -2.47. The zero-order valence-electron chi connectivity index (χ0n) is 18.3. The molecule has 1 aliphatic rings. The van der Waals surface area contributed by atoms with Crippen LogP contribution < -0.4 is 4.90 Å². The van der Waals surface area contributed by atoms with Crippen molar-refractivity contribution in [2.24, 2.45) is 0 Å². The number of Topliss-reactive ketones (excluding diaryl/α,β-unsaturated/α-hetero) is 1. The lowest BCUT2D eigenvalue weighted by Gasteiger charge is -2.36. The Hall–Kier alpha value is -2.35. The molecule has 3 rings (SSSR count).